The minimum Gasteiger partial charge on any atom is -0.465 e. The summed E-state index contributed by atoms with van der Waals surface area (Å²) in [5.41, 5.74) is 3.05. The van der Waals surface area contributed by atoms with E-state index in [4.69, 9.17) is 19.0 Å². The van der Waals surface area contributed by atoms with Gasteiger partial charge >= 0.3 is 11.9 Å². The van der Waals surface area contributed by atoms with Crippen LogP contribution in [0.25, 0.3) is 0 Å². The smallest absolute Gasteiger partial charge is 0.337 e. The lowest BCUT2D eigenvalue weighted by molar-refractivity contribution is 0.0591. The fraction of sp³-hybridized carbons (Fsp3) is 0.600. The van der Waals surface area contributed by atoms with Crippen LogP contribution in [0.5, 0.6) is 0 Å². The number of ether oxygens (including phenoxy) is 4. The van der Waals surface area contributed by atoms with Crippen LogP contribution in [-0.2, 0) is 36.6 Å². The summed E-state index contributed by atoms with van der Waals surface area (Å²) in [6, 6.07) is 14.2. The number of carbonyl (C=O) groups is 2. The molecule has 0 aliphatic carbocycles. The molecule has 0 aromatic heterocycles. The molecule has 1 N–H and O–H groups in total. The molecule has 0 saturated heterocycles. The molecule has 0 spiro atoms. The van der Waals surface area contributed by atoms with E-state index >= 15 is 0 Å². The summed E-state index contributed by atoms with van der Waals surface area (Å²) in [4.78, 5) is 22.4. The van der Waals surface area contributed by atoms with Gasteiger partial charge in [0.05, 0.1) is 65.0 Å². The number of aliphatic hydroxyl groups excluding tert-OH is 1. The molecule has 2 aromatic rings. The predicted molar refractivity (Wildman–Crippen MR) is 188 cm³/mol. The second-order valence-electron chi connectivity index (χ2n) is 14.3. The van der Waals surface area contributed by atoms with E-state index in [-0.39, 0.29) is 23.6 Å². The van der Waals surface area contributed by atoms with Crippen LogP contribution in [0.1, 0.15) is 73.4 Å². The monoisotopic (exact) mass is 664 g/mol. The highest BCUT2D eigenvalue weighted by Gasteiger charge is 2.36. The van der Waals surface area contributed by atoms with Gasteiger partial charge in [0.2, 0.25) is 0 Å². The Balaban J connectivity index is 0.000000724. The molecular formula is C35H60O8Si2. The summed E-state index contributed by atoms with van der Waals surface area (Å²) < 4.78 is 26.1. The van der Waals surface area contributed by atoms with E-state index in [2.05, 4.69) is 83.8 Å². The molecule has 0 fully saturated rings. The standard InChI is InChI=1S/C17H28O4Si.C11H14O4.C7H18Si/c1-17(2,3)22(5,6)21-12-11-20-13-14-7-9-15(10-8-14)16(18)19-4;1-14-11(13)10-4-2-9(3-5-10)8-15-7-6-12;1-7(2,3)8(4,5)6/h7-10H,11-13H2,1-6H3;2-5,12H,6-8H2,1H3;1-6H3. The third-order valence-electron chi connectivity index (χ3n) is 8.27. The predicted octanol–water partition coefficient (Wildman–Crippen LogP) is 8.12. The van der Waals surface area contributed by atoms with Gasteiger partial charge in [-0.2, -0.15) is 0 Å². The number of hydrogen-bond donors (Lipinski definition) is 1. The van der Waals surface area contributed by atoms with Gasteiger partial charge in [0.1, 0.15) is 0 Å². The van der Waals surface area contributed by atoms with Gasteiger partial charge in [-0.1, -0.05) is 85.4 Å². The maximum atomic E-state index is 11.3. The summed E-state index contributed by atoms with van der Waals surface area (Å²) >= 11 is 0. The van der Waals surface area contributed by atoms with Crippen LogP contribution in [0.3, 0.4) is 0 Å². The van der Waals surface area contributed by atoms with Crippen LogP contribution in [0.2, 0.25) is 42.8 Å². The molecule has 45 heavy (non-hydrogen) atoms. The number of esters is 2. The van der Waals surface area contributed by atoms with E-state index < -0.39 is 16.4 Å². The van der Waals surface area contributed by atoms with Crippen molar-refractivity contribution in [1.29, 1.82) is 0 Å². The number of aliphatic hydroxyl groups is 1. The first-order chi connectivity index (χ1) is 20.7. The first-order valence-electron chi connectivity index (χ1n) is 15.4. The van der Waals surface area contributed by atoms with Gasteiger partial charge < -0.3 is 28.5 Å². The van der Waals surface area contributed by atoms with Crippen LogP contribution in [-0.4, -0.2) is 74.1 Å². The average Bonchev–Trinajstić information content (AvgIpc) is 2.96. The Labute approximate surface area is 274 Å². The minimum atomic E-state index is -1.69. The molecule has 0 unspecified atom stereocenters. The van der Waals surface area contributed by atoms with Crippen molar-refractivity contribution < 1.29 is 38.1 Å². The van der Waals surface area contributed by atoms with Crippen LogP contribution in [0.15, 0.2) is 48.5 Å². The molecule has 10 heteroatoms. The summed E-state index contributed by atoms with van der Waals surface area (Å²) in [5.74, 6) is -0.673. The van der Waals surface area contributed by atoms with Crippen molar-refractivity contribution in [2.75, 3.05) is 40.6 Å². The lowest BCUT2D eigenvalue weighted by Gasteiger charge is -2.36. The van der Waals surface area contributed by atoms with Crippen molar-refractivity contribution in [1.82, 2.24) is 0 Å². The zero-order chi connectivity index (χ0) is 34.9. The fourth-order valence-electron chi connectivity index (χ4n) is 2.73. The summed E-state index contributed by atoms with van der Waals surface area (Å²) in [5, 5.41) is 9.30. The SMILES string of the molecule is CC(C)(C)[Si](C)(C)C.COC(=O)c1ccc(COCCO)cc1.COC(=O)c1ccc(COCCO[Si](C)(C)C(C)(C)C)cc1. The molecule has 0 atom stereocenters. The zero-order valence-electron chi connectivity index (χ0n) is 30.2. The van der Waals surface area contributed by atoms with E-state index in [0.29, 0.717) is 49.2 Å². The van der Waals surface area contributed by atoms with Crippen molar-refractivity contribution >= 4 is 28.3 Å². The van der Waals surface area contributed by atoms with E-state index in [0.717, 1.165) is 11.1 Å². The molecule has 0 heterocycles. The van der Waals surface area contributed by atoms with Crippen LogP contribution in [0, 0.1) is 0 Å². The van der Waals surface area contributed by atoms with Crippen LogP contribution in [0.4, 0.5) is 0 Å². The van der Waals surface area contributed by atoms with Gasteiger partial charge in [0.25, 0.3) is 0 Å². The van der Waals surface area contributed by atoms with E-state index in [1.54, 1.807) is 36.4 Å². The summed E-state index contributed by atoms with van der Waals surface area (Å²) in [6.07, 6.45) is 0. The first kappa shape index (κ1) is 42.7. The van der Waals surface area contributed by atoms with E-state index in [1.807, 2.05) is 12.1 Å². The Morgan fingerprint density at radius 3 is 1.27 bits per heavy atom. The Morgan fingerprint density at radius 2 is 0.978 bits per heavy atom. The molecule has 256 valence electrons. The van der Waals surface area contributed by atoms with Crippen molar-refractivity contribution in [3.63, 3.8) is 0 Å². The molecule has 0 amide bonds. The molecule has 0 bridgehead atoms. The lowest BCUT2D eigenvalue weighted by Crippen LogP contribution is -2.41. The largest absolute Gasteiger partial charge is 0.465 e. The van der Waals surface area contributed by atoms with E-state index in [9.17, 15) is 9.59 Å². The van der Waals surface area contributed by atoms with Gasteiger partial charge in [-0.15, -0.1) is 0 Å². The second kappa shape index (κ2) is 20.0. The van der Waals surface area contributed by atoms with Crippen molar-refractivity contribution in [2.45, 2.75) is 97.6 Å². The Hall–Kier alpha value is -2.35. The summed E-state index contributed by atoms with van der Waals surface area (Å²) in [7, 11) is 0.176. The minimum absolute atomic E-state index is 0.0141. The summed E-state index contributed by atoms with van der Waals surface area (Å²) in [6.45, 7) is 27.8. The van der Waals surface area contributed by atoms with Gasteiger partial charge in [0, 0.05) is 8.07 Å². The second-order valence-corrected chi connectivity index (χ2v) is 25.1. The Morgan fingerprint density at radius 1 is 0.622 bits per heavy atom. The molecular weight excluding hydrogens is 605 g/mol. The Kier molecular flexibility index (Phi) is 19.0. The molecule has 8 nitrogen and oxygen atoms in total. The van der Waals surface area contributed by atoms with Crippen molar-refractivity contribution in [2.24, 2.45) is 0 Å². The van der Waals surface area contributed by atoms with Crippen molar-refractivity contribution in [3.05, 3.63) is 70.8 Å². The normalized spacial score (nSPS) is 11.9. The van der Waals surface area contributed by atoms with E-state index in [1.165, 1.54) is 14.2 Å². The maximum Gasteiger partial charge on any atom is 0.337 e. The van der Waals surface area contributed by atoms with Crippen molar-refractivity contribution in [3.8, 4) is 0 Å². The number of hydrogen-bond acceptors (Lipinski definition) is 8. The topological polar surface area (TPSA) is 101 Å². The average molecular weight is 665 g/mol. The highest BCUT2D eigenvalue weighted by Crippen LogP contribution is 2.36. The van der Waals surface area contributed by atoms with Crippen LogP contribution >= 0.6 is 0 Å². The third-order valence-corrected chi connectivity index (χ3v) is 17.3. The van der Waals surface area contributed by atoms with Gasteiger partial charge in [0.15, 0.2) is 8.32 Å². The Bertz CT molecular complexity index is 1100. The molecule has 2 rings (SSSR count). The van der Waals surface area contributed by atoms with Gasteiger partial charge in [-0.3, -0.25) is 0 Å². The van der Waals surface area contributed by atoms with Crippen LogP contribution < -0.4 is 0 Å². The third kappa shape index (κ3) is 17.2. The molecule has 2 aromatic carbocycles. The fourth-order valence-corrected chi connectivity index (χ4v) is 3.75. The highest BCUT2D eigenvalue weighted by molar-refractivity contribution is 6.78. The first-order valence-corrected chi connectivity index (χ1v) is 21.9. The quantitative estimate of drug-likeness (QED) is 0.138. The molecule has 0 aliphatic rings. The number of methoxy groups -OCH3 is 2. The number of rotatable bonds is 12. The maximum absolute atomic E-state index is 11.3. The highest BCUT2D eigenvalue weighted by atomic mass is 28.4. The molecule has 0 aliphatic heterocycles. The van der Waals surface area contributed by atoms with Gasteiger partial charge in [-0.05, 0) is 58.6 Å². The lowest BCUT2D eigenvalue weighted by atomic mass is 10.1. The van der Waals surface area contributed by atoms with Gasteiger partial charge in [-0.25, -0.2) is 9.59 Å². The number of benzene rings is 2. The molecule has 0 saturated carbocycles. The zero-order valence-corrected chi connectivity index (χ0v) is 32.2. The molecule has 0 radical (unpaired) electrons. The number of carbonyl (C=O) groups excluding carboxylic acids is 2.